The van der Waals surface area contributed by atoms with E-state index in [4.69, 9.17) is 9.47 Å². The molecule has 1 heterocycles. The van der Waals surface area contributed by atoms with Gasteiger partial charge in [-0.15, -0.1) is 0 Å². The van der Waals surface area contributed by atoms with Crippen molar-refractivity contribution in [2.24, 2.45) is 0 Å². The van der Waals surface area contributed by atoms with Gasteiger partial charge in [0, 0.05) is 19.6 Å². The zero-order chi connectivity index (χ0) is 14.3. The molecule has 19 heavy (non-hydrogen) atoms. The Morgan fingerprint density at radius 2 is 2.11 bits per heavy atom. The van der Waals surface area contributed by atoms with Crippen molar-refractivity contribution in [3.8, 4) is 0 Å². The number of hydrogen-bond donors (Lipinski definition) is 2. The van der Waals surface area contributed by atoms with Crippen molar-refractivity contribution in [3.63, 3.8) is 0 Å². The Bertz CT molecular complexity index is 276. The largest absolute Gasteiger partial charge is 0.444 e. The van der Waals surface area contributed by atoms with Crippen LogP contribution in [0.4, 0.5) is 4.79 Å². The molecule has 112 valence electrons. The van der Waals surface area contributed by atoms with Crippen molar-refractivity contribution in [3.05, 3.63) is 0 Å². The van der Waals surface area contributed by atoms with Gasteiger partial charge in [-0.1, -0.05) is 0 Å². The molecule has 0 bridgehead atoms. The predicted molar refractivity (Wildman–Crippen MR) is 75.3 cm³/mol. The molecule has 0 spiro atoms. The summed E-state index contributed by atoms with van der Waals surface area (Å²) < 4.78 is 11.0. The SMILES string of the molecule is C[C@H]1CNC[C@@H](CCCCNC(=O)OC(C)(C)C)O1. The van der Waals surface area contributed by atoms with Crippen LogP contribution in [0.1, 0.15) is 47.0 Å². The van der Waals surface area contributed by atoms with E-state index in [0.29, 0.717) is 18.8 Å². The lowest BCUT2D eigenvalue weighted by molar-refractivity contribution is -0.0317. The number of carbonyl (C=O) groups excluding carboxylic acids is 1. The normalized spacial score (nSPS) is 24.0. The number of nitrogens with one attached hydrogen (secondary N) is 2. The molecule has 0 radical (unpaired) electrons. The Morgan fingerprint density at radius 3 is 2.74 bits per heavy atom. The smallest absolute Gasteiger partial charge is 0.407 e. The summed E-state index contributed by atoms with van der Waals surface area (Å²) in [6.07, 6.45) is 3.32. The number of rotatable bonds is 5. The van der Waals surface area contributed by atoms with Crippen LogP contribution in [0.3, 0.4) is 0 Å². The van der Waals surface area contributed by atoms with Crippen molar-refractivity contribution in [2.75, 3.05) is 19.6 Å². The lowest BCUT2D eigenvalue weighted by atomic mass is 10.1. The lowest BCUT2D eigenvalue weighted by Gasteiger charge is -2.28. The molecule has 0 unspecified atom stereocenters. The number of carbonyl (C=O) groups is 1. The first-order valence-electron chi connectivity index (χ1n) is 7.20. The van der Waals surface area contributed by atoms with Crippen LogP contribution in [0.5, 0.6) is 0 Å². The topological polar surface area (TPSA) is 59.6 Å². The molecule has 0 aliphatic carbocycles. The Hall–Kier alpha value is -0.810. The van der Waals surface area contributed by atoms with Gasteiger partial charge in [0.25, 0.3) is 0 Å². The standard InChI is InChI=1S/C14H28N2O3/c1-11-9-15-10-12(18-11)7-5-6-8-16-13(17)19-14(2,3)4/h11-12,15H,5-10H2,1-4H3,(H,16,17)/t11-,12+/m0/s1. The molecule has 1 saturated heterocycles. The first-order valence-corrected chi connectivity index (χ1v) is 7.20. The zero-order valence-electron chi connectivity index (χ0n) is 12.6. The minimum atomic E-state index is -0.429. The van der Waals surface area contributed by atoms with E-state index in [0.717, 1.165) is 32.4 Å². The van der Waals surface area contributed by atoms with Crippen LogP contribution in [0, 0.1) is 0 Å². The van der Waals surface area contributed by atoms with Crippen LogP contribution in [-0.4, -0.2) is 43.5 Å². The van der Waals surface area contributed by atoms with E-state index in [9.17, 15) is 4.79 Å². The van der Waals surface area contributed by atoms with Crippen molar-refractivity contribution in [1.82, 2.24) is 10.6 Å². The molecule has 0 aromatic rings. The van der Waals surface area contributed by atoms with E-state index < -0.39 is 5.60 Å². The fourth-order valence-corrected chi connectivity index (χ4v) is 2.04. The average Bonchev–Trinajstić information content (AvgIpc) is 2.26. The maximum absolute atomic E-state index is 11.4. The van der Waals surface area contributed by atoms with Crippen molar-refractivity contribution in [1.29, 1.82) is 0 Å². The number of amides is 1. The van der Waals surface area contributed by atoms with Crippen LogP contribution in [0.2, 0.25) is 0 Å². The molecule has 1 aliphatic rings. The molecule has 0 saturated carbocycles. The van der Waals surface area contributed by atoms with E-state index >= 15 is 0 Å². The van der Waals surface area contributed by atoms with Gasteiger partial charge in [0.1, 0.15) is 5.60 Å². The van der Waals surface area contributed by atoms with E-state index in [1.54, 1.807) is 0 Å². The van der Waals surface area contributed by atoms with E-state index in [1.807, 2.05) is 20.8 Å². The Morgan fingerprint density at radius 1 is 1.37 bits per heavy atom. The molecular formula is C14H28N2O3. The summed E-state index contributed by atoms with van der Waals surface area (Å²) in [6.45, 7) is 10.2. The second-order valence-electron chi connectivity index (χ2n) is 6.15. The second kappa shape index (κ2) is 7.70. The molecule has 0 aromatic heterocycles. The number of hydrogen-bond acceptors (Lipinski definition) is 4. The molecule has 1 aliphatic heterocycles. The van der Waals surface area contributed by atoms with Gasteiger partial charge in [0.2, 0.25) is 0 Å². The third-order valence-corrected chi connectivity index (χ3v) is 2.85. The highest BCUT2D eigenvalue weighted by molar-refractivity contribution is 5.67. The summed E-state index contributed by atoms with van der Waals surface area (Å²) in [7, 11) is 0. The molecule has 5 nitrogen and oxygen atoms in total. The summed E-state index contributed by atoms with van der Waals surface area (Å²) in [5.74, 6) is 0. The summed E-state index contributed by atoms with van der Waals surface area (Å²) in [5, 5.41) is 6.12. The molecule has 2 atom stereocenters. The van der Waals surface area contributed by atoms with Gasteiger partial charge >= 0.3 is 6.09 Å². The van der Waals surface area contributed by atoms with Gasteiger partial charge in [-0.2, -0.15) is 0 Å². The highest BCUT2D eigenvalue weighted by Gasteiger charge is 2.18. The van der Waals surface area contributed by atoms with Crippen LogP contribution >= 0.6 is 0 Å². The third kappa shape index (κ3) is 8.06. The number of alkyl carbamates (subject to hydrolysis) is 1. The summed E-state index contributed by atoms with van der Waals surface area (Å²) in [6, 6.07) is 0. The monoisotopic (exact) mass is 272 g/mol. The molecule has 2 N–H and O–H groups in total. The fraction of sp³-hybridized carbons (Fsp3) is 0.929. The quantitative estimate of drug-likeness (QED) is 0.752. The molecule has 1 amide bonds. The highest BCUT2D eigenvalue weighted by atomic mass is 16.6. The van der Waals surface area contributed by atoms with Gasteiger partial charge in [-0.3, -0.25) is 0 Å². The fourth-order valence-electron chi connectivity index (χ4n) is 2.04. The van der Waals surface area contributed by atoms with Crippen LogP contribution < -0.4 is 10.6 Å². The third-order valence-electron chi connectivity index (χ3n) is 2.85. The maximum Gasteiger partial charge on any atom is 0.407 e. The van der Waals surface area contributed by atoms with Crippen LogP contribution in [-0.2, 0) is 9.47 Å². The molecule has 1 rings (SSSR count). The predicted octanol–water partition coefficient (Wildman–Crippen LogP) is 2.06. The second-order valence-corrected chi connectivity index (χ2v) is 6.15. The van der Waals surface area contributed by atoms with Crippen LogP contribution in [0.25, 0.3) is 0 Å². The molecular weight excluding hydrogens is 244 g/mol. The van der Waals surface area contributed by atoms with Gasteiger partial charge in [0.05, 0.1) is 12.2 Å². The Labute approximate surface area is 116 Å². The summed E-state index contributed by atoms with van der Waals surface area (Å²) in [5.41, 5.74) is -0.429. The van der Waals surface area contributed by atoms with Crippen LogP contribution in [0.15, 0.2) is 0 Å². The van der Waals surface area contributed by atoms with E-state index in [1.165, 1.54) is 0 Å². The minimum Gasteiger partial charge on any atom is -0.444 e. The van der Waals surface area contributed by atoms with Crippen molar-refractivity contribution in [2.45, 2.75) is 64.8 Å². The zero-order valence-corrected chi connectivity index (χ0v) is 12.6. The average molecular weight is 272 g/mol. The number of ether oxygens (including phenoxy) is 2. The Balaban J connectivity index is 2.00. The van der Waals surface area contributed by atoms with Crippen molar-refractivity contribution < 1.29 is 14.3 Å². The molecule has 1 fully saturated rings. The molecule has 5 heteroatoms. The Kier molecular flexibility index (Phi) is 6.58. The first-order chi connectivity index (χ1) is 8.87. The summed E-state index contributed by atoms with van der Waals surface area (Å²) >= 11 is 0. The number of morpholine rings is 1. The lowest BCUT2D eigenvalue weighted by Crippen LogP contribution is -2.43. The minimum absolute atomic E-state index is 0.304. The van der Waals surface area contributed by atoms with Gasteiger partial charge in [0.15, 0.2) is 0 Å². The molecule has 0 aromatic carbocycles. The van der Waals surface area contributed by atoms with Gasteiger partial charge in [-0.25, -0.2) is 4.79 Å². The number of unbranched alkanes of at least 4 members (excludes halogenated alkanes) is 1. The maximum atomic E-state index is 11.4. The highest BCUT2D eigenvalue weighted by Crippen LogP contribution is 2.10. The van der Waals surface area contributed by atoms with Crippen molar-refractivity contribution >= 4 is 6.09 Å². The van der Waals surface area contributed by atoms with E-state index in [-0.39, 0.29) is 6.09 Å². The van der Waals surface area contributed by atoms with Gasteiger partial charge in [-0.05, 0) is 47.0 Å². The van der Waals surface area contributed by atoms with E-state index in [2.05, 4.69) is 17.6 Å². The van der Waals surface area contributed by atoms with Gasteiger partial charge < -0.3 is 20.1 Å². The first kappa shape index (κ1) is 16.2. The summed E-state index contributed by atoms with van der Waals surface area (Å²) in [4.78, 5) is 11.4.